The minimum atomic E-state index is 0. The third-order valence-corrected chi connectivity index (χ3v) is 8.40. The molecular formula is C39H31Cl2Zr. The van der Waals surface area contributed by atoms with E-state index in [1.54, 1.807) is 0 Å². The Bertz CT molecular complexity index is 1870. The van der Waals surface area contributed by atoms with Crippen LogP contribution in [0, 0.1) is 0 Å². The van der Waals surface area contributed by atoms with E-state index in [1.165, 1.54) is 71.6 Å². The number of allylic oxidation sites excluding steroid dienone is 3. The zero-order valence-electron chi connectivity index (χ0n) is 23.7. The molecule has 0 aromatic heterocycles. The van der Waals surface area contributed by atoms with E-state index in [4.69, 9.17) is 0 Å². The molecule has 0 fully saturated rings. The zero-order valence-corrected chi connectivity index (χ0v) is 27.7. The van der Waals surface area contributed by atoms with Crippen LogP contribution in [0.4, 0.5) is 0 Å². The number of benzene rings is 5. The SMILES string of the molecule is CCC1=C(C2C(C)=Cc3c(-c4ccccc4)cccc32)c2cccc3cccc1c23.[Cl-].[Cl-].[Zr+3].c1ccc2[cH-]ccc2c1. The molecule has 0 nitrogen and oxygen atoms in total. The van der Waals surface area contributed by atoms with Gasteiger partial charge in [-0.15, -0.1) is 29.7 Å². The van der Waals surface area contributed by atoms with Crippen molar-refractivity contribution in [1.82, 2.24) is 0 Å². The van der Waals surface area contributed by atoms with Crippen LogP contribution in [0.3, 0.4) is 0 Å². The van der Waals surface area contributed by atoms with Gasteiger partial charge in [0.1, 0.15) is 0 Å². The van der Waals surface area contributed by atoms with E-state index in [2.05, 4.69) is 147 Å². The molecule has 205 valence electrons. The number of fused-ring (bicyclic) bond motifs is 2. The summed E-state index contributed by atoms with van der Waals surface area (Å²) in [5.74, 6) is 0.330. The van der Waals surface area contributed by atoms with Crippen LogP contribution in [0.15, 0.2) is 133 Å². The summed E-state index contributed by atoms with van der Waals surface area (Å²) in [5, 5.41) is 5.45. The summed E-state index contributed by atoms with van der Waals surface area (Å²) >= 11 is 0. The molecule has 0 saturated heterocycles. The van der Waals surface area contributed by atoms with E-state index in [1.807, 2.05) is 0 Å². The summed E-state index contributed by atoms with van der Waals surface area (Å²) in [6, 6.07) is 45.8. The van der Waals surface area contributed by atoms with E-state index in [9.17, 15) is 0 Å². The average molecular weight is 662 g/mol. The monoisotopic (exact) mass is 659 g/mol. The standard InChI is InChI=1S/C30H24.C9H7.2ClH.Zr/c1-3-22-24-15-7-12-21-13-8-17-26(29(21)24)30(22)28-19(2)18-27-23(14-9-16-25(27)28)20-10-5-4-6-11-20;1-2-5-9-7-3-6-8(9)4-1;;;/h4-18,28H,3H2,1-2H3;1-7H;2*1H;/q;-1;;;+3/p-2. The fraction of sp³-hybridized carbons (Fsp3) is 0.103. The van der Waals surface area contributed by atoms with E-state index < -0.39 is 0 Å². The van der Waals surface area contributed by atoms with Crippen LogP contribution in [0.1, 0.15) is 48.4 Å². The van der Waals surface area contributed by atoms with E-state index in [0.717, 1.165) is 6.42 Å². The van der Waals surface area contributed by atoms with Crippen LogP contribution in [0.5, 0.6) is 0 Å². The number of hydrogen-bond donors (Lipinski definition) is 0. The normalized spacial score (nSPS) is 14.2. The van der Waals surface area contributed by atoms with E-state index >= 15 is 0 Å². The van der Waals surface area contributed by atoms with Gasteiger partial charge >= 0.3 is 26.2 Å². The molecule has 1 atom stereocenters. The van der Waals surface area contributed by atoms with Crippen molar-refractivity contribution in [3.05, 3.63) is 155 Å². The van der Waals surface area contributed by atoms with Gasteiger partial charge in [-0.2, -0.15) is 17.5 Å². The van der Waals surface area contributed by atoms with Crippen LogP contribution < -0.4 is 24.8 Å². The maximum absolute atomic E-state index is 2.42. The molecule has 42 heavy (non-hydrogen) atoms. The molecule has 0 spiro atoms. The van der Waals surface area contributed by atoms with Crippen LogP contribution in [0.2, 0.25) is 0 Å². The van der Waals surface area contributed by atoms with Crippen molar-refractivity contribution in [1.29, 1.82) is 0 Å². The second-order valence-electron chi connectivity index (χ2n) is 10.6. The van der Waals surface area contributed by atoms with Gasteiger partial charge in [-0.05, 0) is 68.6 Å². The molecule has 1 radical (unpaired) electrons. The molecule has 0 N–H and O–H groups in total. The smallest absolute Gasteiger partial charge is 1.00 e. The number of rotatable bonds is 3. The Morgan fingerprint density at radius 3 is 2.02 bits per heavy atom. The first-order chi connectivity index (χ1) is 19.2. The summed E-state index contributed by atoms with van der Waals surface area (Å²) in [4.78, 5) is 0. The molecule has 2 aliphatic carbocycles. The molecule has 1 unspecified atom stereocenters. The van der Waals surface area contributed by atoms with Gasteiger partial charge in [0.25, 0.3) is 0 Å². The van der Waals surface area contributed by atoms with Crippen molar-refractivity contribution in [3.8, 4) is 11.1 Å². The van der Waals surface area contributed by atoms with Crippen molar-refractivity contribution in [2.24, 2.45) is 0 Å². The fourth-order valence-corrected chi connectivity index (χ4v) is 6.71. The first-order valence-electron chi connectivity index (χ1n) is 14.0. The van der Waals surface area contributed by atoms with Gasteiger partial charge in [-0.1, -0.05) is 110 Å². The van der Waals surface area contributed by atoms with Gasteiger partial charge in [0.15, 0.2) is 0 Å². The average Bonchev–Trinajstić information content (AvgIpc) is 3.68. The van der Waals surface area contributed by atoms with Gasteiger partial charge in [-0.3, -0.25) is 0 Å². The van der Waals surface area contributed by atoms with Gasteiger partial charge in [0.05, 0.1) is 0 Å². The second-order valence-corrected chi connectivity index (χ2v) is 10.6. The molecule has 6 aromatic carbocycles. The van der Waals surface area contributed by atoms with E-state index in [-0.39, 0.29) is 51.0 Å². The Labute approximate surface area is 280 Å². The maximum Gasteiger partial charge on any atom is 3.00 e. The Balaban J connectivity index is 0.000000290. The minimum absolute atomic E-state index is 0. The zero-order chi connectivity index (χ0) is 26.3. The Kier molecular flexibility index (Phi) is 10.2. The van der Waals surface area contributed by atoms with Crippen LogP contribution in [-0.2, 0) is 26.2 Å². The number of hydrogen-bond acceptors (Lipinski definition) is 0. The second kappa shape index (κ2) is 13.5. The molecule has 0 bridgehead atoms. The summed E-state index contributed by atoms with van der Waals surface area (Å²) in [5.41, 5.74) is 12.8. The Morgan fingerprint density at radius 2 is 1.29 bits per heavy atom. The van der Waals surface area contributed by atoms with Crippen molar-refractivity contribution < 1.29 is 51.0 Å². The predicted molar refractivity (Wildman–Crippen MR) is 169 cm³/mol. The maximum atomic E-state index is 2.42. The third-order valence-electron chi connectivity index (χ3n) is 8.40. The molecule has 6 aromatic rings. The predicted octanol–water partition coefficient (Wildman–Crippen LogP) is 4.91. The molecule has 8 rings (SSSR count). The number of halogens is 2. The molecule has 2 aliphatic rings. The van der Waals surface area contributed by atoms with Crippen LogP contribution >= 0.6 is 0 Å². The van der Waals surface area contributed by atoms with Gasteiger partial charge in [-0.25, -0.2) is 0 Å². The molecule has 0 heterocycles. The van der Waals surface area contributed by atoms with Crippen molar-refractivity contribution >= 4 is 38.8 Å². The molecular weight excluding hydrogens is 631 g/mol. The Morgan fingerprint density at radius 1 is 0.643 bits per heavy atom. The largest absolute Gasteiger partial charge is 3.00 e. The van der Waals surface area contributed by atoms with Gasteiger partial charge in [0.2, 0.25) is 0 Å². The molecule has 3 heteroatoms. The summed E-state index contributed by atoms with van der Waals surface area (Å²) in [6.07, 6.45) is 3.48. The topological polar surface area (TPSA) is 0 Å². The molecule has 0 saturated carbocycles. The summed E-state index contributed by atoms with van der Waals surface area (Å²) in [6.45, 7) is 4.61. The minimum Gasteiger partial charge on any atom is -1.00 e. The van der Waals surface area contributed by atoms with Crippen LogP contribution in [0.25, 0.3) is 49.9 Å². The van der Waals surface area contributed by atoms with Gasteiger partial charge < -0.3 is 24.8 Å². The van der Waals surface area contributed by atoms with Crippen molar-refractivity contribution in [2.75, 3.05) is 0 Å². The summed E-state index contributed by atoms with van der Waals surface area (Å²) < 4.78 is 0. The quantitative estimate of drug-likeness (QED) is 0.237. The molecule has 0 amide bonds. The summed E-state index contributed by atoms with van der Waals surface area (Å²) in [7, 11) is 0. The van der Waals surface area contributed by atoms with Crippen LogP contribution in [-0.4, -0.2) is 0 Å². The van der Waals surface area contributed by atoms with Gasteiger partial charge in [0, 0.05) is 5.92 Å². The van der Waals surface area contributed by atoms with E-state index in [0.29, 0.717) is 5.92 Å². The van der Waals surface area contributed by atoms with Crippen molar-refractivity contribution in [3.63, 3.8) is 0 Å². The first-order valence-corrected chi connectivity index (χ1v) is 14.0. The third kappa shape index (κ3) is 5.40. The first kappa shape index (κ1) is 31.8. The molecule has 0 aliphatic heterocycles. The Hall–Kier alpha value is -3.09. The van der Waals surface area contributed by atoms with Crippen molar-refractivity contribution in [2.45, 2.75) is 26.2 Å². The fourth-order valence-electron chi connectivity index (χ4n) is 6.71.